The third-order valence-corrected chi connectivity index (χ3v) is 12.2. The van der Waals surface area contributed by atoms with Gasteiger partial charge in [-0.05, 0) is 63.9 Å². The van der Waals surface area contributed by atoms with Crippen LogP contribution in [0.15, 0.2) is 126 Å². The summed E-state index contributed by atoms with van der Waals surface area (Å²) in [6, 6.07) is 34.5. The predicted octanol–water partition coefficient (Wildman–Crippen LogP) is 9.40. The molecule has 264 valence electrons. The molecule has 1 unspecified atom stereocenters. The number of amides is 1. The summed E-state index contributed by atoms with van der Waals surface area (Å²) in [6.45, 7) is 4.18. The number of benzene rings is 5. The monoisotopic (exact) mass is 715 g/mol. The quantitative estimate of drug-likeness (QED) is 0.154. The maximum Gasteiger partial charge on any atom is 0.411 e. The molecule has 0 bridgehead atoms. The molecule has 8 rings (SSSR count). The second-order valence-corrected chi connectivity index (χ2v) is 16.2. The topological polar surface area (TPSA) is 106 Å². The molecule has 3 N–H and O–H groups in total. The largest absolute Gasteiger partial charge is 0.489 e. The van der Waals surface area contributed by atoms with Crippen LogP contribution in [0, 0.1) is 11.2 Å². The molecule has 0 radical (unpaired) electrons. The molecule has 0 saturated heterocycles. The molecular formula is C42H38FN3O5S. The van der Waals surface area contributed by atoms with Crippen LogP contribution in [-0.4, -0.2) is 26.9 Å². The molecule has 10 heteroatoms. The van der Waals surface area contributed by atoms with Gasteiger partial charge in [-0.2, -0.15) is 0 Å². The van der Waals surface area contributed by atoms with Crippen molar-refractivity contribution in [1.82, 2.24) is 0 Å². The number of fused-ring (bicyclic) bond motifs is 4. The lowest BCUT2D eigenvalue weighted by molar-refractivity contribution is 0.158. The van der Waals surface area contributed by atoms with Crippen molar-refractivity contribution in [3.63, 3.8) is 0 Å². The van der Waals surface area contributed by atoms with Gasteiger partial charge in [-0.3, -0.25) is 5.32 Å². The van der Waals surface area contributed by atoms with Gasteiger partial charge in [0, 0.05) is 23.2 Å². The summed E-state index contributed by atoms with van der Waals surface area (Å²) in [5.41, 5.74) is 6.75. The minimum absolute atomic E-state index is 0.0759. The molecule has 1 aliphatic carbocycles. The summed E-state index contributed by atoms with van der Waals surface area (Å²) in [4.78, 5) is 13.5. The van der Waals surface area contributed by atoms with E-state index < -0.39 is 33.2 Å². The van der Waals surface area contributed by atoms with E-state index in [9.17, 15) is 13.2 Å². The number of nitrogens with one attached hydrogen (secondary N) is 3. The Morgan fingerprint density at radius 3 is 2.27 bits per heavy atom. The molecule has 0 spiro atoms. The number of carbonyl (C=O) groups is 1. The zero-order valence-corrected chi connectivity index (χ0v) is 29.6. The fourth-order valence-electron chi connectivity index (χ4n) is 7.68. The number of allylic oxidation sites excluding steroid dienone is 1. The van der Waals surface area contributed by atoms with Crippen molar-refractivity contribution in [2.45, 2.75) is 38.8 Å². The first-order valence-corrected chi connectivity index (χ1v) is 18.9. The van der Waals surface area contributed by atoms with Gasteiger partial charge in [0.1, 0.15) is 24.8 Å². The van der Waals surface area contributed by atoms with Crippen LogP contribution >= 0.6 is 0 Å². The van der Waals surface area contributed by atoms with Gasteiger partial charge in [0.15, 0.2) is 9.84 Å². The highest BCUT2D eigenvalue weighted by Crippen LogP contribution is 2.49. The fourth-order valence-corrected chi connectivity index (χ4v) is 10.0. The Hall–Kier alpha value is -5.61. The second kappa shape index (κ2) is 13.2. The Balaban J connectivity index is 1.08. The number of anilines is 3. The maximum absolute atomic E-state index is 16.0. The summed E-state index contributed by atoms with van der Waals surface area (Å²) < 4.78 is 55.8. The maximum atomic E-state index is 16.0. The van der Waals surface area contributed by atoms with E-state index in [1.165, 1.54) is 6.07 Å². The first kappa shape index (κ1) is 33.5. The van der Waals surface area contributed by atoms with E-state index in [0.29, 0.717) is 34.9 Å². The van der Waals surface area contributed by atoms with E-state index in [1.54, 1.807) is 30.3 Å². The lowest BCUT2D eigenvalue weighted by Gasteiger charge is -2.34. The Labute approximate surface area is 302 Å². The van der Waals surface area contributed by atoms with Crippen molar-refractivity contribution in [1.29, 1.82) is 0 Å². The predicted molar refractivity (Wildman–Crippen MR) is 202 cm³/mol. The van der Waals surface area contributed by atoms with E-state index in [0.717, 1.165) is 27.8 Å². The summed E-state index contributed by atoms with van der Waals surface area (Å²) in [5, 5.41) is 9.56. The van der Waals surface area contributed by atoms with Gasteiger partial charge in [-0.25, -0.2) is 17.6 Å². The average molecular weight is 716 g/mol. The molecule has 5 aromatic carbocycles. The molecule has 0 fully saturated rings. The molecule has 1 amide bonds. The molecule has 0 saturated carbocycles. The van der Waals surface area contributed by atoms with Gasteiger partial charge in [-0.15, -0.1) is 0 Å². The zero-order chi connectivity index (χ0) is 36.0. The number of para-hydroxylation sites is 1. The molecule has 0 aromatic heterocycles. The summed E-state index contributed by atoms with van der Waals surface area (Å²) in [7, 11) is -3.86. The Morgan fingerprint density at radius 1 is 0.865 bits per heavy atom. The number of sulfone groups is 1. The van der Waals surface area contributed by atoms with Crippen LogP contribution in [0.4, 0.5) is 26.2 Å². The van der Waals surface area contributed by atoms with E-state index >= 15 is 4.39 Å². The first-order chi connectivity index (χ1) is 25.1. The van der Waals surface area contributed by atoms with Crippen molar-refractivity contribution in [3.8, 4) is 16.9 Å². The smallest absolute Gasteiger partial charge is 0.411 e. The number of carbonyl (C=O) groups excluding carboxylic acids is 1. The lowest BCUT2D eigenvalue weighted by atomic mass is 9.88. The van der Waals surface area contributed by atoms with Crippen LogP contribution in [-0.2, 0) is 21.2 Å². The van der Waals surface area contributed by atoms with Gasteiger partial charge in [0.2, 0.25) is 0 Å². The molecule has 8 nitrogen and oxygen atoms in total. The lowest BCUT2D eigenvalue weighted by Crippen LogP contribution is -2.35. The van der Waals surface area contributed by atoms with Gasteiger partial charge < -0.3 is 20.1 Å². The summed E-state index contributed by atoms with van der Waals surface area (Å²) >= 11 is 0. The van der Waals surface area contributed by atoms with Crippen molar-refractivity contribution in [2.75, 3.05) is 28.3 Å². The van der Waals surface area contributed by atoms with Crippen LogP contribution in [0.1, 0.15) is 54.5 Å². The van der Waals surface area contributed by atoms with E-state index in [1.807, 2.05) is 68.4 Å². The van der Waals surface area contributed by atoms with E-state index in [2.05, 4.69) is 40.2 Å². The molecular weight excluding hydrogens is 678 g/mol. The minimum atomic E-state index is -3.86. The highest BCUT2D eigenvalue weighted by Gasteiger charge is 2.44. The van der Waals surface area contributed by atoms with Crippen LogP contribution in [0.5, 0.6) is 5.75 Å². The van der Waals surface area contributed by atoms with Crippen molar-refractivity contribution >= 4 is 33.0 Å². The summed E-state index contributed by atoms with van der Waals surface area (Å²) in [6.07, 6.45) is -0.265. The Morgan fingerprint density at radius 2 is 1.56 bits per heavy atom. The second-order valence-electron chi connectivity index (χ2n) is 14.3. The number of hydrogen-bond donors (Lipinski definition) is 3. The SMILES string of the molecule is CC1(C)CC2=C(C(c3ccc(OCc4ccccc4)cc3F)Nc3cccc(NC(=O)OCC4c5ccccc5-c5ccccc54)c3N2)S(=O)(=O)C1. The van der Waals surface area contributed by atoms with Crippen molar-refractivity contribution < 1.29 is 27.1 Å². The van der Waals surface area contributed by atoms with Gasteiger partial charge >= 0.3 is 6.09 Å². The van der Waals surface area contributed by atoms with Gasteiger partial charge in [0.25, 0.3) is 0 Å². The molecule has 3 aliphatic rings. The fraction of sp³-hybridized carbons (Fsp3) is 0.214. The molecule has 5 aromatic rings. The Kier molecular flexibility index (Phi) is 8.50. The number of halogens is 1. The molecule has 2 heterocycles. The third kappa shape index (κ3) is 6.39. The Bertz CT molecular complexity index is 2300. The van der Waals surface area contributed by atoms with Gasteiger partial charge in [-0.1, -0.05) is 98.8 Å². The minimum Gasteiger partial charge on any atom is -0.489 e. The van der Waals surface area contributed by atoms with Crippen LogP contribution in [0.2, 0.25) is 0 Å². The van der Waals surface area contributed by atoms with Crippen molar-refractivity contribution in [2.24, 2.45) is 5.41 Å². The van der Waals surface area contributed by atoms with Crippen LogP contribution in [0.3, 0.4) is 0 Å². The first-order valence-electron chi connectivity index (χ1n) is 17.3. The van der Waals surface area contributed by atoms with E-state index in [-0.39, 0.29) is 35.4 Å². The van der Waals surface area contributed by atoms with Gasteiger partial charge in [0.05, 0.1) is 33.8 Å². The molecule has 2 aliphatic heterocycles. The van der Waals surface area contributed by atoms with Crippen LogP contribution < -0.4 is 20.7 Å². The molecule has 52 heavy (non-hydrogen) atoms. The summed E-state index contributed by atoms with van der Waals surface area (Å²) in [5.74, 6) is -0.487. The standard InChI is InChI=1S/C42H38FN3O5S/c1-42(2)22-37-40(52(48,49)25-42)38(32-20-19-27(21-34(32)43)50-23-26-11-4-3-5-12-26)44-35-17-10-18-36(39(35)45-37)46-41(47)51-24-33-30-15-8-6-13-28(30)29-14-7-9-16-31(29)33/h3-21,33,38,44-45H,22-25H2,1-2H3,(H,46,47). The number of ether oxygens (including phenoxy) is 2. The molecule has 1 atom stereocenters. The van der Waals surface area contributed by atoms with Crippen LogP contribution in [0.25, 0.3) is 11.1 Å². The highest BCUT2D eigenvalue weighted by molar-refractivity contribution is 7.95. The third-order valence-electron chi connectivity index (χ3n) is 9.88. The zero-order valence-electron chi connectivity index (χ0n) is 28.8. The normalized spacial score (nSPS) is 18.0. The average Bonchev–Trinajstić information content (AvgIpc) is 3.32. The van der Waals surface area contributed by atoms with Crippen molar-refractivity contribution in [3.05, 3.63) is 154 Å². The number of hydrogen-bond acceptors (Lipinski definition) is 7. The number of rotatable bonds is 7. The highest BCUT2D eigenvalue weighted by atomic mass is 32.2. The van der Waals surface area contributed by atoms with E-state index in [4.69, 9.17) is 9.47 Å².